The number of rotatable bonds is 8. The number of aromatic nitrogens is 2. The van der Waals surface area contributed by atoms with Gasteiger partial charge in [0, 0.05) is 5.56 Å². The molecule has 0 atom stereocenters. The summed E-state index contributed by atoms with van der Waals surface area (Å²) in [5, 5.41) is 2.72. The van der Waals surface area contributed by atoms with Crippen molar-refractivity contribution < 1.29 is 14.3 Å². The van der Waals surface area contributed by atoms with Crippen LogP contribution in [0.3, 0.4) is 0 Å². The molecule has 0 aliphatic rings. The van der Waals surface area contributed by atoms with E-state index in [0.29, 0.717) is 23.0 Å². The third-order valence-corrected chi connectivity index (χ3v) is 3.93. The fraction of sp³-hybridized carbons (Fsp3) is 0.136. The minimum Gasteiger partial charge on any atom is -0.493 e. The maximum atomic E-state index is 12.2. The van der Waals surface area contributed by atoms with Crippen molar-refractivity contribution in [3.05, 3.63) is 79.1 Å². The fourth-order valence-electron chi connectivity index (χ4n) is 2.59. The van der Waals surface area contributed by atoms with Crippen LogP contribution in [-0.4, -0.2) is 29.6 Å². The van der Waals surface area contributed by atoms with Gasteiger partial charge in [0.05, 0.1) is 25.2 Å². The highest BCUT2D eigenvalue weighted by molar-refractivity contribution is 5.91. The van der Waals surface area contributed by atoms with E-state index in [-0.39, 0.29) is 12.5 Å². The van der Waals surface area contributed by atoms with Crippen LogP contribution in [0.15, 0.2) is 73.6 Å². The lowest BCUT2D eigenvalue weighted by Crippen LogP contribution is -2.20. The molecule has 0 aliphatic carbocycles. The fourth-order valence-corrected chi connectivity index (χ4v) is 2.59. The Morgan fingerprint density at radius 1 is 1.11 bits per heavy atom. The Bertz CT molecular complexity index is 941. The smallest absolute Gasteiger partial charge is 0.262 e. The number of nitrogens with zero attached hydrogens (tertiary/aromatic N) is 2. The van der Waals surface area contributed by atoms with Crippen molar-refractivity contribution in [2.45, 2.75) is 6.42 Å². The van der Waals surface area contributed by atoms with Crippen molar-refractivity contribution in [1.82, 2.24) is 9.97 Å². The van der Waals surface area contributed by atoms with E-state index in [1.807, 2.05) is 48.5 Å². The predicted octanol–water partition coefficient (Wildman–Crippen LogP) is 3.90. The van der Waals surface area contributed by atoms with Gasteiger partial charge in [-0.2, -0.15) is 0 Å². The first kappa shape index (κ1) is 19.1. The SMILES string of the molecule is C=CCc1ccc(OCC(=O)Nc2cnc(-c3ccccc3)nc2)c(OC)c1. The number of amides is 1. The van der Waals surface area contributed by atoms with Crippen LogP contribution < -0.4 is 14.8 Å². The zero-order valence-corrected chi connectivity index (χ0v) is 15.6. The van der Waals surface area contributed by atoms with Crippen LogP contribution >= 0.6 is 0 Å². The summed E-state index contributed by atoms with van der Waals surface area (Å²) >= 11 is 0. The van der Waals surface area contributed by atoms with Crippen LogP contribution in [0.2, 0.25) is 0 Å². The van der Waals surface area contributed by atoms with E-state index in [1.165, 1.54) is 0 Å². The van der Waals surface area contributed by atoms with Crippen LogP contribution in [0, 0.1) is 0 Å². The molecule has 0 saturated carbocycles. The van der Waals surface area contributed by atoms with Gasteiger partial charge in [-0.3, -0.25) is 4.79 Å². The molecule has 2 aromatic carbocycles. The molecular weight excluding hydrogens is 354 g/mol. The van der Waals surface area contributed by atoms with Crippen molar-refractivity contribution in [2.24, 2.45) is 0 Å². The summed E-state index contributed by atoms with van der Waals surface area (Å²) in [6.07, 6.45) is 5.68. The molecule has 142 valence electrons. The summed E-state index contributed by atoms with van der Waals surface area (Å²) in [7, 11) is 1.56. The molecule has 0 unspecified atom stereocenters. The molecule has 1 aromatic heterocycles. The van der Waals surface area contributed by atoms with Gasteiger partial charge in [-0.25, -0.2) is 9.97 Å². The molecule has 1 N–H and O–H groups in total. The summed E-state index contributed by atoms with van der Waals surface area (Å²) in [4.78, 5) is 20.7. The number of allylic oxidation sites excluding steroid dienone is 1. The van der Waals surface area contributed by atoms with E-state index in [4.69, 9.17) is 9.47 Å². The minimum absolute atomic E-state index is 0.155. The molecule has 3 aromatic rings. The van der Waals surface area contributed by atoms with E-state index in [1.54, 1.807) is 25.6 Å². The normalized spacial score (nSPS) is 10.2. The number of hydrogen-bond acceptors (Lipinski definition) is 5. The number of anilines is 1. The predicted molar refractivity (Wildman–Crippen MR) is 108 cm³/mol. The Kier molecular flexibility index (Phi) is 6.36. The summed E-state index contributed by atoms with van der Waals surface area (Å²) in [6.45, 7) is 3.57. The zero-order chi connectivity index (χ0) is 19.8. The van der Waals surface area contributed by atoms with Crippen LogP contribution in [-0.2, 0) is 11.2 Å². The number of carbonyl (C=O) groups excluding carboxylic acids is 1. The number of benzene rings is 2. The second-order valence-electron chi connectivity index (χ2n) is 5.98. The quantitative estimate of drug-likeness (QED) is 0.605. The molecule has 3 rings (SSSR count). The third kappa shape index (κ3) is 4.94. The van der Waals surface area contributed by atoms with Crippen LogP contribution in [0.25, 0.3) is 11.4 Å². The number of nitrogens with one attached hydrogen (secondary N) is 1. The summed E-state index contributed by atoms with van der Waals surface area (Å²) in [5.74, 6) is 1.36. The molecule has 6 heteroatoms. The number of ether oxygens (including phenoxy) is 2. The van der Waals surface area contributed by atoms with E-state index in [2.05, 4.69) is 21.9 Å². The summed E-state index contributed by atoms with van der Waals surface area (Å²) in [6, 6.07) is 15.2. The first-order valence-electron chi connectivity index (χ1n) is 8.77. The van der Waals surface area contributed by atoms with Gasteiger partial charge in [0.1, 0.15) is 0 Å². The molecule has 0 radical (unpaired) electrons. The van der Waals surface area contributed by atoms with E-state index < -0.39 is 0 Å². The van der Waals surface area contributed by atoms with Gasteiger partial charge >= 0.3 is 0 Å². The Labute approximate surface area is 163 Å². The molecule has 0 aliphatic heterocycles. The second kappa shape index (κ2) is 9.32. The first-order valence-corrected chi connectivity index (χ1v) is 8.77. The van der Waals surface area contributed by atoms with Crippen molar-refractivity contribution in [1.29, 1.82) is 0 Å². The van der Waals surface area contributed by atoms with Crippen molar-refractivity contribution in [2.75, 3.05) is 19.0 Å². The topological polar surface area (TPSA) is 73.3 Å². The number of methoxy groups -OCH3 is 1. The molecule has 0 bridgehead atoms. The molecule has 1 amide bonds. The summed E-state index contributed by atoms with van der Waals surface area (Å²) in [5.41, 5.74) is 2.47. The third-order valence-electron chi connectivity index (χ3n) is 3.93. The van der Waals surface area contributed by atoms with Crippen molar-refractivity contribution in [3.8, 4) is 22.9 Å². The van der Waals surface area contributed by atoms with Gasteiger partial charge in [0.2, 0.25) is 0 Å². The lowest BCUT2D eigenvalue weighted by Gasteiger charge is -2.12. The minimum atomic E-state index is -0.312. The van der Waals surface area contributed by atoms with Crippen molar-refractivity contribution >= 4 is 11.6 Å². The lowest BCUT2D eigenvalue weighted by atomic mass is 10.1. The molecular formula is C22H21N3O3. The van der Waals surface area contributed by atoms with E-state index >= 15 is 0 Å². The van der Waals surface area contributed by atoms with Crippen LogP contribution in [0.4, 0.5) is 5.69 Å². The van der Waals surface area contributed by atoms with E-state index in [9.17, 15) is 4.79 Å². The monoisotopic (exact) mass is 375 g/mol. The maximum absolute atomic E-state index is 12.2. The highest BCUT2D eigenvalue weighted by atomic mass is 16.5. The van der Waals surface area contributed by atoms with Gasteiger partial charge in [-0.05, 0) is 24.1 Å². The molecule has 0 spiro atoms. The van der Waals surface area contributed by atoms with Crippen LogP contribution in [0.5, 0.6) is 11.5 Å². The average molecular weight is 375 g/mol. The largest absolute Gasteiger partial charge is 0.493 e. The van der Waals surface area contributed by atoms with Crippen molar-refractivity contribution in [3.63, 3.8) is 0 Å². The Hall–Kier alpha value is -3.67. The van der Waals surface area contributed by atoms with Gasteiger partial charge in [0.15, 0.2) is 23.9 Å². The highest BCUT2D eigenvalue weighted by Crippen LogP contribution is 2.28. The molecule has 0 saturated heterocycles. The maximum Gasteiger partial charge on any atom is 0.262 e. The van der Waals surface area contributed by atoms with Gasteiger partial charge in [-0.1, -0.05) is 42.5 Å². The second-order valence-corrected chi connectivity index (χ2v) is 5.98. The Balaban J connectivity index is 1.58. The van der Waals surface area contributed by atoms with E-state index in [0.717, 1.165) is 17.5 Å². The highest BCUT2D eigenvalue weighted by Gasteiger charge is 2.09. The lowest BCUT2D eigenvalue weighted by molar-refractivity contribution is -0.118. The average Bonchev–Trinajstić information content (AvgIpc) is 2.74. The van der Waals surface area contributed by atoms with Crippen LogP contribution in [0.1, 0.15) is 5.56 Å². The Morgan fingerprint density at radius 3 is 2.54 bits per heavy atom. The number of carbonyl (C=O) groups is 1. The van der Waals surface area contributed by atoms with Gasteiger partial charge in [0.25, 0.3) is 5.91 Å². The molecule has 1 heterocycles. The standard InChI is InChI=1S/C22H21N3O3/c1-3-7-16-10-11-19(20(12-16)27-2)28-15-21(26)25-18-13-23-22(24-14-18)17-8-5-4-6-9-17/h3-6,8-14H,1,7,15H2,2H3,(H,25,26). The van der Waals surface area contributed by atoms with Gasteiger partial charge < -0.3 is 14.8 Å². The molecule has 0 fully saturated rings. The molecule has 6 nitrogen and oxygen atoms in total. The molecule has 28 heavy (non-hydrogen) atoms. The summed E-state index contributed by atoms with van der Waals surface area (Å²) < 4.78 is 10.9. The van der Waals surface area contributed by atoms with Gasteiger partial charge in [-0.15, -0.1) is 6.58 Å². The number of hydrogen-bond donors (Lipinski definition) is 1. The zero-order valence-electron chi connectivity index (χ0n) is 15.6. The Morgan fingerprint density at radius 2 is 1.86 bits per heavy atom. The first-order chi connectivity index (χ1) is 13.7.